The van der Waals surface area contributed by atoms with Gasteiger partial charge in [0.05, 0.1) is 25.9 Å². The highest BCUT2D eigenvalue weighted by Gasteiger charge is 2.43. The molecule has 29 heavy (non-hydrogen) atoms. The number of aliphatic carboxylic acids is 1. The van der Waals surface area contributed by atoms with Gasteiger partial charge in [-0.2, -0.15) is 13.2 Å². The van der Waals surface area contributed by atoms with Crippen LogP contribution < -0.4 is 0 Å². The number of hydrogen-bond acceptors (Lipinski definition) is 6. The monoisotopic (exact) mass is 426 g/mol. The van der Waals surface area contributed by atoms with Crippen molar-refractivity contribution in [1.82, 2.24) is 9.96 Å². The first-order valence-electron chi connectivity index (χ1n) is 9.90. The number of alkyl halides is 3. The molecule has 0 radical (unpaired) electrons. The van der Waals surface area contributed by atoms with Crippen molar-refractivity contribution in [2.24, 2.45) is 11.8 Å². The highest BCUT2D eigenvalue weighted by molar-refractivity contribution is 5.78. The number of piperidine rings is 1. The number of nitrogens with zero attached hydrogens (tertiary/aromatic N) is 2. The lowest BCUT2D eigenvalue weighted by molar-refractivity contribution is -0.192. The zero-order chi connectivity index (χ0) is 21.4. The number of amides is 1. The minimum absolute atomic E-state index is 0.0479. The van der Waals surface area contributed by atoms with Gasteiger partial charge in [-0.25, -0.2) is 9.86 Å². The van der Waals surface area contributed by atoms with Crippen molar-refractivity contribution < 1.29 is 42.2 Å². The fraction of sp³-hybridized carbons (Fsp3) is 0.889. The molecule has 1 amide bonds. The molecule has 3 fully saturated rings. The summed E-state index contributed by atoms with van der Waals surface area (Å²) in [4.78, 5) is 29.5. The Morgan fingerprint density at radius 1 is 1.21 bits per heavy atom. The quantitative estimate of drug-likeness (QED) is 0.668. The number of likely N-dealkylation sites (tertiary alicyclic amines) is 1. The van der Waals surface area contributed by atoms with Crippen LogP contribution in [-0.4, -0.2) is 91.8 Å². The molecule has 3 atom stereocenters. The van der Waals surface area contributed by atoms with Gasteiger partial charge in [0.2, 0.25) is 5.91 Å². The lowest BCUT2D eigenvalue weighted by Gasteiger charge is -2.45. The number of hydrogen-bond donors (Lipinski definition) is 1. The molecular weight excluding hydrogens is 397 g/mol. The molecule has 0 aromatic heterocycles. The van der Waals surface area contributed by atoms with E-state index in [1.54, 1.807) is 5.06 Å². The van der Waals surface area contributed by atoms with E-state index in [0.717, 1.165) is 58.7 Å². The Morgan fingerprint density at radius 2 is 1.93 bits per heavy atom. The molecule has 11 heteroatoms. The average molecular weight is 426 g/mol. The van der Waals surface area contributed by atoms with E-state index in [9.17, 15) is 18.0 Å². The SMILES string of the molecule is CCOCCN1CC[C@H]2OCC[C@@H](C(=O)N3CCCO3)[C@@H]2C1.O=C(O)C(F)(F)F. The Bertz CT molecular complexity index is 540. The van der Waals surface area contributed by atoms with Crippen LogP contribution in [0.4, 0.5) is 13.2 Å². The fourth-order valence-corrected chi connectivity index (χ4v) is 3.84. The third kappa shape index (κ3) is 7.09. The predicted molar refractivity (Wildman–Crippen MR) is 94.9 cm³/mol. The maximum absolute atomic E-state index is 12.7. The summed E-state index contributed by atoms with van der Waals surface area (Å²) in [5, 5.41) is 8.71. The van der Waals surface area contributed by atoms with E-state index in [1.807, 2.05) is 6.92 Å². The van der Waals surface area contributed by atoms with Crippen LogP contribution in [0.15, 0.2) is 0 Å². The molecule has 0 bridgehead atoms. The fourth-order valence-electron chi connectivity index (χ4n) is 3.84. The highest BCUT2D eigenvalue weighted by atomic mass is 19.4. The maximum atomic E-state index is 12.7. The number of rotatable bonds is 5. The van der Waals surface area contributed by atoms with Crippen LogP contribution in [0, 0.1) is 11.8 Å². The molecule has 1 N–H and O–H groups in total. The van der Waals surface area contributed by atoms with E-state index in [-0.39, 0.29) is 17.9 Å². The number of carboxylic acids is 1. The molecule has 0 spiro atoms. The lowest BCUT2D eigenvalue weighted by Crippen LogP contribution is -2.54. The number of fused-ring (bicyclic) bond motifs is 1. The summed E-state index contributed by atoms with van der Waals surface area (Å²) >= 11 is 0. The van der Waals surface area contributed by atoms with Crippen molar-refractivity contribution in [2.45, 2.75) is 38.5 Å². The van der Waals surface area contributed by atoms with Gasteiger partial charge in [-0.3, -0.25) is 9.63 Å². The molecule has 3 saturated heterocycles. The van der Waals surface area contributed by atoms with Crippen molar-refractivity contribution in [3.63, 3.8) is 0 Å². The van der Waals surface area contributed by atoms with Crippen molar-refractivity contribution in [2.75, 3.05) is 52.6 Å². The minimum atomic E-state index is -5.08. The summed E-state index contributed by atoms with van der Waals surface area (Å²) in [5.74, 6) is -2.25. The van der Waals surface area contributed by atoms with Crippen molar-refractivity contribution >= 4 is 11.9 Å². The van der Waals surface area contributed by atoms with E-state index < -0.39 is 12.1 Å². The molecular formula is C18H29F3N2O6. The Morgan fingerprint density at radius 3 is 2.52 bits per heavy atom. The van der Waals surface area contributed by atoms with Crippen LogP contribution in [0.25, 0.3) is 0 Å². The van der Waals surface area contributed by atoms with Crippen molar-refractivity contribution in [3.8, 4) is 0 Å². The molecule has 0 unspecified atom stereocenters. The van der Waals surface area contributed by atoms with Crippen LogP contribution in [0.2, 0.25) is 0 Å². The number of carboxylic acid groups (broad SMARTS) is 1. The predicted octanol–water partition coefficient (Wildman–Crippen LogP) is 1.55. The molecule has 8 nitrogen and oxygen atoms in total. The average Bonchev–Trinajstić information content (AvgIpc) is 3.22. The summed E-state index contributed by atoms with van der Waals surface area (Å²) in [5.41, 5.74) is 0. The first kappa shape index (κ1) is 23.8. The summed E-state index contributed by atoms with van der Waals surface area (Å²) < 4.78 is 43.1. The van der Waals surface area contributed by atoms with E-state index in [0.29, 0.717) is 19.1 Å². The molecule has 168 valence electrons. The Labute approximate surface area is 167 Å². The van der Waals surface area contributed by atoms with Gasteiger partial charge in [-0.15, -0.1) is 0 Å². The van der Waals surface area contributed by atoms with Gasteiger partial charge >= 0.3 is 12.1 Å². The van der Waals surface area contributed by atoms with E-state index in [4.69, 9.17) is 24.2 Å². The Kier molecular flexibility index (Phi) is 9.12. The number of carbonyl (C=O) groups is 2. The van der Waals surface area contributed by atoms with E-state index in [1.165, 1.54) is 0 Å². The standard InChI is InChI=1S/C16H28N2O4.C2HF3O2/c1-2-20-11-8-17-7-4-15-14(12-17)13(5-10-21-15)16(19)18-6-3-9-22-18;3-2(4,5)1(6)7/h13-15H,2-12H2,1H3;(H,6,7)/t13-,14+,15-;/m1./s1. The minimum Gasteiger partial charge on any atom is -0.475 e. The van der Waals surface area contributed by atoms with E-state index in [2.05, 4.69) is 4.90 Å². The zero-order valence-corrected chi connectivity index (χ0v) is 16.5. The van der Waals surface area contributed by atoms with E-state index >= 15 is 0 Å². The second-order valence-corrected chi connectivity index (χ2v) is 7.18. The number of ether oxygens (including phenoxy) is 2. The Balaban J connectivity index is 0.000000370. The topological polar surface area (TPSA) is 88.5 Å². The largest absolute Gasteiger partial charge is 0.490 e. The third-order valence-corrected chi connectivity index (χ3v) is 5.27. The maximum Gasteiger partial charge on any atom is 0.490 e. The van der Waals surface area contributed by atoms with Crippen molar-refractivity contribution in [3.05, 3.63) is 0 Å². The van der Waals surface area contributed by atoms with Gasteiger partial charge < -0.3 is 19.5 Å². The van der Waals surface area contributed by atoms with Gasteiger partial charge in [-0.1, -0.05) is 0 Å². The number of hydroxylamine groups is 2. The summed E-state index contributed by atoms with van der Waals surface area (Å²) in [6, 6.07) is 0. The highest BCUT2D eigenvalue weighted by Crippen LogP contribution is 2.34. The van der Waals surface area contributed by atoms with Crippen LogP contribution in [0.3, 0.4) is 0 Å². The Hall–Kier alpha value is -1.43. The normalized spacial score (nSPS) is 27.7. The van der Waals surface area contributed by atoms with Crippen LogP contribution in [0.5, 0.6) is 0 Å². The van der Waals surface area contributed by atoms with Crippen LogP contribution >= 0.6 is 0 Å². The molecule has 0 aromatic carbocycles. The molecule has 3 aliphatic rings. The summed E-state index contributed by atoms with van der Waals surface area (Å²) in [6.07, 6.45) is -2.07. The van der Waals surface area contributed by atoms with Gasteiger partial charge in [0.15, 0.2) is 0 Å². The van der Waals surface area contributed by atoms with Crippen molar-refractivity contribution in [1.29, 1.82) is 0 Å². The molecule has 0 aromatic rings. The van der Waals surface area contributed by atoms with Gasteiger partial charge in [-0.05, 0) is 26.2 Å². The molecule has 0 saturated carbocycles. The van der Waals surface area contributed by atoms with Gasteiger partial charge in [0, 0.05) is 44.7 Å². The summed E-state index contributed by atoms with van der Waals surface area (Å²) in [7, 11) is 0. The number of halogens is 3. The van der Waals surface area contributed by atoms with Gasteiger partial charge in [0.1, 0.15) is 0 Å². The summed E-state index contributed by atoms with van der Waals surface area (Å²) in [6.45, 7) is 8.57. The second-order valence-electron chi connectivity index (χ2n) is 7.18. The first-order valence-corrected chi connectivity index (χ1v) is 9.90. The third-order valence-electron chi connectivity index (χ3n) is 5.27. The molecule has 3 aliphatic heterocycles. The lowest BCUT2D eigenvalue weighted by atomic mass is 9.79. The molecule has 0 aliphatic carbocycles. The van der Waals surface area contributed by atoms with Crippen LogP contribution in [-0.2, 0) is 23.9 Å². The smallest absolute Gasteiger partial charge is 0.475 e. The molecule has 3 rings (SSSR count). The van der Waals surface area contributed by atoms with Gasteiger partial charge in [0.25, 0.3) is 0 Å². The zero-order valence-electron chi connectivity index (χ0n) is 16.5. The number of carbonyl (C=O) groups excluding carboxylic acids is 1. The molecule has 3 heterocycles. The second kappa shape index (κ2) is 11.1. The first-order chi connectivity index (χ1) is 13.7. The van der Waals surface area contributed by atoms with Crippen LogP contribution in [0.1, 0.15) is 26.2 Å².